The molecule has 0 amide bonds. The molecule has 0 aromatic carbocycles. The van der Waals surface area contributed by atoms with Crippen LogP contribution in [0.2, 0.25) is 0 Å². The summed E-state index contributed by atoms with van der Waals surface area (Å²) in [5.74, 6) is 1.61. The Balaban J connectivity index is 2.37. The summed E-state index contributed by atoms with van der Waals surface area (Å²) in [6.07, 6.45) is 2.61. The monoisotopic (exact) mass is 255 g/mol. The lowest BCUT2D eigenvalue weighted by Gasteiger charge is -2.33. The van der Waals surface area contributed by atoms with Crippen molar-refractivity contribution in [2.75, 3.05) is 46.8 Å². The van der Waals surface area contributed by atoms with Gasteiger partial charge >= 0.3 is 0 Å². The smallest absolute Gasteiger partial charge is 0.0246 e. The van der Waals surface area contributed by atoms with Gasteiger partial charge in [0.1, 0.15) is 0 Å². The van der Waals surface area contributed by atoms with Crippen molar-refractivity contribution in [3.05, 3.63) is 0 Å². The first-order valence-electron chi connectivity index (χ1n) is 7.64. The average Bonchev–Trinajstić information content (AvgIpc) is 2.74. The van der Waals surface area contributed by atoms with E-state index in [1.54, 1.807) is 0 Å². The van der Waals surface area contributed by atoms with Crippen molar-refractivity contribution in [2.45, 2.75) is 39.7 Å². The highest BCUT2D eigenvalue weighted by molar-refractivity contribution is 4.85. The Labute approximate surface area is 114 Å². The summed E-state index contributed by atoms with van der Waals surface area (Å²) in [5.41, 5.74) is 0. The van der Waals surface area contributed by atoms with E-state index in [0.29, 0.717) is 0 Å². The van der Waals surface area contributed by atoms with E-state index < -0.39 is 0 Å². The normalized spacial score (nSPS) is 23.2. The fraction of sp³-hybridized carbons (Fsp3) is 1.00. The topological polar surface area (TPSA) is 18.5 Å². The third kappa shape index (κ3) is 5.25. The van der Waals surface area contributed by atoms with Gasteiger partial charge in [0.05, 0.1) is 0 Å². The van der Waals surface area contributed by atoms with E-state index in [4.69, 9.17) is 0 Å². The molecule has 3 nitrogen and oxygen atoms in total. The minimum absolute atomic E-state index is 0.719. The van der Waals surface area contributed by atoms with Crippen LogP contribution in [0.15, 0.2) is 0 Å². The summed E-state index contributed by atoms with van der Waals surface area (Å²) in [4.78, 5) is 5.04. The molecule has 0 radical (unpaired) electrons. The van der Waals surface area contributed by atoms with Crippen molar-refractivity contribution in [2.24, 2.45) is 11.8 Å². The first-order valence-corrected chi connectivity index (χ1v) is 7.64. The molecule has 1 N–H and O–H groups in total. The Morgan fingerprint density at radius 1 is 1.33 bits per heavy atom. The molecular formula is C15H33N3. The van der Waals surface area contributed by atoms with E-state index in [1.165, 1.54) is 45.6 Å². The van der Waals surface area contributed by atoms with Crippen LogP contribution in [0.1, 0.15) is 33.6 Å². The van der Waals surface area contributed by atoms with Gasteiger partial charge in [-0.15, -0.1) is 0 Å². The first kappa shape index (κ1) is 15.9. The third-order valence-corrected chi connectivity index (χ3v) is 3.97. The van der Waals surface area contributed by atoms with Crippen molar-refractivity contribution in [3.8, 4) is 0 Å². The van der Waals surface area contributed by atoms with Crippen LogP contribution in [0, 0.1) is 11.8 Å². The van der Waals surface area contributed by atoms with Crippen LogP contribution < -0.4 is 5.32 Å². The lowest BCUT2D eigenvalue weighted by molar-refractivity contribution is 0.148. The molecule has 0 spiro atoms. The van der Waals surface area contributed by atoms with Crippen LogP contribution in [0.3, 0.4) is 0 Å². The van der Waals surface area contributed by atoms with Crippen LogP contribution in [0.25, 0.3) is 0 Å². The molecular weight excluding hydrogens is 222 g/mol. The summed E-state index contributed by atoms with van der Waals surface area (Å²) in [5, 5.41) is 3.57. The highest BCUT2D eigenvalue weighted by atomic mass is 15.2. The number of rotatable bonds is 8. The molecule has 1 aliphatic rings. The van der Waals surface area contributed by atoms with E-state index in [1.807, 2.05) is 0 Å². The maximum absolute atomic E-state index is 3.57. The molecule has 1 heterocycles. The fourth-order valence-corrected chi connectivity index (χ4v) is 2.94. The predicted octanol–water partition coefficient (Wildman–Crippen LogP) is 1.89. The van der Waals surface area contributed by atoms with E-state index in [2.05, 4.69) is 50.0 Å². The molecule has 1 saturated heterocycles. The van der Waals surface area contributed by atoms with Gasteiger partial charge in [0.25, 0.3) is 0 Å². The fourth-order valence-electron chi connectivity index (χ4n) is 2.94. The lowest BCUT2D eigenvalue weighted by Crippen LogP contribution is -2.44. The van der Waals surface area contributed by atoms with E-state index in [-0.39, 0.29) is 0 Å². The number of hydrogen-bond acceptors (Lipinski definition) is 3. The summed E-state index contributed by atoms with van der Waals surface area (Å²) in [7, 11) is 4.37. The molecule has 3 heteroatoms. The van der Waals surface area contributed by atoms with Gasteiger partial charge in [0.15, 0.2) is 0 Å². The van der Waals surface area contributed by atoms with Crippen molar-refractivity contribution < 1.29 is 0 Å². The number of nitrogens with one attached hydrogen (secondary N) is 1. The quantitative estimate of drug-likeness (QED) is 0.668. The van der Waals surface area contributed by atoms with Crippen LogP contribution >= 0.6 is 0 Å². The van der Waals surface area contributed by atoms with Crippen molar-refractivity contribution in [3.63, 3.8) is 0 Å². The number of hydrogen-bond donors (Lipinski definition) is 1. The van der Waals surface area contributed by atoms with E-state index in [9.17, 15) is 0 Å². The van der Waals surface area contributed by atoms with Crippen molar-refractivity contribution in [1.82, 2.24) is 15.1 Å². The minimum Gasteiger partial charge on any atom is -0.316 e. The van der Waals surface area contributed by atoms with Crippen LogP contribution in [-0.4, -0.2) is 62.7 Å². The average molecular weight is 255 g/mol. The zero-order valence-electron chi connectivity index (χ0n) is 13.1. The molecule has 2 atom stereocenters. The molecule has 0 bridgehead atoms. The summed E-state index contributed by atoms with van der Waals surface area (Å²) >= 11 is 0. The van der Waals surface area contributed by atoms with Crippen LogP contribution in [-0.2, 0) is 0 Å². The summed E-state index contributed by atoms with van der Waals surface area (Å²) in [6.45, 7) is 13.1. The molecule has 0 aromatic rings. The largest absolute Gasteiger partial charge is 0.316 e. The van der Waals surface area contributed by atoms with Gasteiger partial charge in [0.2, 0.25) is 0 Å². The molecule has 0 aromatic heterocycles. The number of likely N-dealkylation sites (N-methyl/N-ethyl adjacent to an activating group) is 1. The Morgan fingerprint density at radius 3 is 2.61 bits per heavy atom. The molecule has 1 fully saturated rings. The van der Waals surface area contributed by atoms with Gasteiger partial charge in [0, 0.05) is 19.1 Å². The van der Waals surface area contributed by atoms with E-state index >= 15 is 0 Å². The molecule has 1 aliphatic heterocycles. The maximum Gasteiger partial charge on any atom is 0.0246 e. The van der Waals surface area contributed by atoms with Gasteiger partial charge < -0.3 is 10.2 Å². The molecule has 108 valence electrons. The number of nitrogens with zero attached hydrogens (tertiary/aromatic N) is 2. The minimum atomic E-state index is 0.719. The highest BCUT2D eigenvalue weighted by Gasteiger charge is 2.29. The first-order chi connectivity index (χ1) is 8.54. The van der Waals surface area contributed by atoms with Crippen molar-refractivity contribution >= 4 is 0 Å². The van der Waals surface area contributed by atoms with Crippen LogP contribution in [0.5, 0.6) is 0 Å². The predicted molar refractivity (Wildman–Crippen MR) is 80.0 cm³/mol. The Kier molecular flexibility index (Phi) is 7.20. The molecule has 2 unspecified atom stereocenters. The van der Waals surface area contributed by atoms with Crippen LogP contribution in [0.4, 0.5) is 0 Å². The van der Waals surface area contributed by atoms with Gasteiger partial charge in [-0.25, -0.2) is 0 Å². The lowest BCUT2D eigenvalue weighted by atomic mass is 10.0. The zero-order chi connectivity index (χ0) is 13.5. The highest BCUT2D eigenvalue weighted by Crippen LogP contribution is 2.22. The second kappa shape index (κ2) is 8.13. The van der Waals surface area contributed by atoms with Crippen molar-refractivity contribution in [1.29, 1.82) is 0 Å². The van der Waals surface area contributed by atoms with Gasteiger partial charge in [-0.05, 0) is 58.4 Å². The summed E-state index contributed by atoms with van der Waals surface area (Å²) in [6, 6.07) is 0.719. The molecule has 0 aliphatic carbocycles. The number of likely N-dealkylation sites (tertiary alicyclic amines) is 1. The third-order valence-electron chi connectivity index (χ3n) is 3.97. The second-order valence-corrected chi connectivity index (χ2v) is 6.43. The molecule has 1 rings (SSSR count). The van der Waals surface area contributed by atoms with E-state index in [0.717, 1.165) is 17.9 Å². The Morgan fingerprint density at radius 2 is 2.06 bits per heavy atom. The summed E-state index contributed by atoms with van der Waals surface area (Å²) < 4.78 is 0. The van der Waals surface area contributed by atoms with Gasteiger partial charge in [-0.2, -0.15) is 0 Å². The maximum atomic E-state index is 3.57. The SMILES string of the molecule is CCCNCC1CCN(C(CN(C)C)C(C)C)C1. The molecule has 0 saturated carbocycles. The Hall–Kier alpha value is -0.120. The second-order valence-electron chi connectivity index (χ2n) is 6.43. The van der Waals surface area contributed by atoms with Gasteiger partial charge in [-0.3, -0.25) is 4.90 Å². The van der Waals surface area contributed by atoms with Gasteiger partial charge in [-0.1, -0.05) is 20.8 Å². The molecule has 18 heavy (non-hydrogen) atoms. The standard InChI is InChI=1S/C15H33N3/c1-6-8-16-10-14-7-9-18(11-14)15(13(2)3)12-17(4)5/h13-16H,6-12H2,1-5H3. The zero-order valence-corrected chi connectivity index (χ0v) is 13.1. The Bertz CT molecular complexity index is 216.